The van der Waals surface area contributed by atoms with E-state index in [2.05, 4.69) is 27.7 Å². The molecule has 4 nitrogen and oxygen atoms in total. The topological polar surface area (TPSA) is 44.4 Å². The fraction of sp³-hybridized carbons (Fsp3) is 0.588. The average Bonchev–Trinajstić information content (AvgIpc) is 2.91. The van der Waals surface area contributed by atoms with Crippen molar-refractivity contribution in [2.45, 2.75) is 37.8 Å². The number of likely N-dealkylation sites (tertiary alicyclic amines) is 1. The molecule has 0 bridgehead atoms. The van der Waals surface area contributed by atoms with Crippen LogP contribution < -0.4 is 10.6 Å². The van der Waals surface area contributed by atoms with Gasteiger partial charge in [0, 0.05) is 18.3 Å². The van der Waals surface area contributed by atoms with Gasteiger partial charge in [0.2, 0.25) is 5.91 Å². The number of carbonyl (C=O) groups excluding carboxylic acids is 1. The SMILES string of the molecule is O=C1Nc2ccccc2CCC1N1CCCC2CNCC21. The third-order valence-corrected chi connectivity index (χ3v) is 5.39. The molecule has 0 aromatic heterocycles. The molecule has 2 saturated heterocycles. The van der Waals surface area contributed by atoms with E-state index in [0.717, 1.165) is 44.1 Å². The largest absolute Gasteiger partial charge is 0.324 e. The summed E-state index contributed by atoms with van der Waals surface area (Å²) in [5, 5.41) is 6.66. The summed E-state index contributed by atoms with van der Waals surface area (Å²) in [6, 6.07) is 8.79. The smallest absolute Gasteiger partial charge is 0.241 e. The van der Waals surface area contributed by atoms with Gasteiger partial charge in [-0.15, -0.1) is 0 Å². The second-order valence-corrected chi connectivity index (χ2v) is 6.57. The molecule has 0 saturated carbocycles. The molecule has 4 heteroatoms. The Morgan fingerprint density at radius 2 is 2.05 bits per heavy atom. The van der Waals surface area contributed by atoms with E-state index in [9.17, 15) is 4.79 Å². The molecule has 4 rings (SSSR count). The van der Waals surface area contributed by atoms with Crippen molar-refractivity contribution in [1.82, 2.24) is 10.2 Å². The summed E-state index contributed by atoms with van der Waals surface area (Å²) in [6.45, 7) is 3.23. The summed E-state index contributed by atoms with van der Waals surface area (Å²) in [6.07, 6.45) is 4.45. The molecule has 0 aliphatic carbocycles. The Bertz CT molecular complexity index is 545. The molecule has 21 heavy (non-hydrogen) atoms. The van der Waals surface area contributed by atoms with E-state index in [1.807, 2.05) is 12.1 Å². The van der Waals surface area contributed by atoms with Crippen molar-refractivity contribution in [2.75, 3.05) is 25.0 Å². The van der Waals surface area contributed by atoms with Crippen molar-refractivity contribution in [3.63, 3.8) is 0 Å². The van der Waals surface area contributed by atoms with E-state index in [0.29, 0.717) is 6.04 Å². The second-order valence-electron chi connectivity index (χ2n) is 6.57. The van der Waals surface area contributed by atoms with Gasteiger partial charge in [-0.3, -0.25) is 9.69 Å². The van der Waals surface area contributed by atoms with E-state index in [1.54, 1.807) is 0 Å². The predicted molar refractivity (Wildman–Crippen MR) is 83.3 cm³/mol. The Labute approximate surface area is 125 Å². The summed E-state index contributed by atoms with van der Waals surface area (Å²) in [4.78, 5) is 15.2. The van der Waals surface area contributed by atoms with Crippen LogP contribution in [0, 0.1) is 5.92 Å². The van der Waals surface area contributed by atoms with Crippen LogP contribution >= 0.6 is 0 Å². The number of carbonyl (C=O) groups is 1. The Balaban J connectivity index is 1.57. The number of rotatable bonds is 1. The highest BCUT2D eigenvalue weighted by Gasteiger charge is 2.40. The van der Waals surface area contributed by atoms with Gasteiger partial charge in [-0.05, 0) is 56.3 Å². The minimum atomic E-state index is 0.0325. The fourth-order valence-electron chi connectivity index (χ4n) is 4.31. The highest BCUT2D eigenvalue weighted by Crippen LogP contribution is 2.31. The first kappa shape index (κ1) is 13.3. The van der Waals surface area contributed by atoms with Crippen molar-refractivity contribution in [3.8, 4) is 0 Å². The quantitative estimate of drug-likeness (QED) is 0.824. The Morgan fingerprint density at radius 3 is 3.00 bits per heavy atom. The van der Waals surface area contributed by atoms with Crippen LogP contribution in [0.5, 0.6) is 0 Å². The Kier molecular flexibility index (Phi) is 3.43. The normalized spacial score (nSPS) is 33.0. The molecule has 3 aliphatic rings. The van der Waals surface area contributed by atoms with Crippen LogP contribution in [-0.4, -0.2) is 42.5 Å². The van der Waals surface area contributed by atoms with Crippen molar-refractivity contribution in [2.24, 2.45) is 5.92 Å². The van der Waals surface area contributed by atoms with Crippen molar-refractivity contribution in [3.05, 3.63) is 29.8 Å². The summed E-state index contributed by atoms with van der Waals surface area (Å²) >= 11 is 0. The zero-order valence-corrected chi connectivity index (χ0v) is 12.3. The first-order valence-electron chi connectivity index (χ1n) is 8.18. The third-order valence-electron chi connectivity index (χ3n) is 5.39. The number of para-hydroxylation sites is 1. The number of nitrogens with one attached hydrogen (secondary N) is 2. The van der Waals surface area contributed by atoms with Crippen LogP contribution in [0.15, 0.2) is 24.3 Å². The lowest BCUT2D eigenvalue weighted by atomic mass is 9.89. The first-order chi connectivity index (χ1) is 10.3. The molecule has 3 heterocycles. The maximum Gasteiger partial charge on any atom is 0.241 e. The van der Waals surface area contributed by atoms with E-state index in [1.165, 1.54) is 18.4 Å². The highest BCUT2D eigenvalue weighted by atomic mass is 16.2. The van der Waals surface area contributed by atoms with Crippen LogP contribution in [-0.2, 0) is 11.2 Å². The average molecular weight is 285 g/mol. The van der Waals surface area contributed by atoms with Crippen molar-refractivity contribution in [1.29, 1.82) is 0 Å². The summed E-state index contributed by atoms with van der Waals surface area (Å²) < 4.78 is 0. The van der Waals surface area contributed by atoms with Gasteiger partial charge < -0.3 is 10.6 Å². The molecule has 1 aromatic carbocycles. The van der Waals surface area contributed by atoms with Gasteiger partial charge in [0.05, 0.1) is 6.04 Å². The maximum atomic E-state index is 12.7. The molecule has 112 valence electrons. The molecular weight excluding hydrogens is 262 g/mol. The fourth-order valence-corrected chi connectivity index (χ4v) is 4.31. The van der Waals surface area contributed by atoms with Gasteiger partial charge in [0.1, 0.15) is 0 Å². The number of benzene rings is 1. The number of hydrogen-bond acceptors (Lipinski definition) is 3. The predicted octanol–water partition coefficient (Wildman–Crippen LogP) is 1.62. The number of anilines is 1. The van der Waals surface area contributed by atoms with Crippen LogP contribution in [0.25, 0.3) is 0 Å². The van der Waals surface area contributed by atoms with Gasteiger partial charge in [-0.25, -0.2) is 0 Å². The van der Waals surface area contributed by atoms with Gasteiger partial charge in [-0.2, -0.15) is 0 Å². The molecule has 0 radical (unpaired) electrons. The summed E-state index contributed by atoms with van der Waals surface area (Å²) in [5.41, 5.74) is 2.27. The van der Waals surface area contributed by atoms with E-state index in [-0.39, 0.29) is 11.9 Å². The number of amides is 1. The zero-order valence-electron chi connectivity index (χ0n) is 12.3. The monoisotopic (exact) mass is 285 g/mol. The Hall–Kier alpha value is -1.39. The maximum absolute atomic E-state index is 12.7. The lowest BCUT2D eigenvalue weighted by Crippen LogP contribution is -2.54. The van der Waals surface area contributed by atoms with E-state index in [4.69, 9.17) is 0 Å². The number of nitrogens with zero attached hydrogens (tertiary/aromatic N) is 1. The highest BCUT2D eigenvalue weighted by molar-refractivity contribution is 5.96. The van der Waals surface area contributed by atoms with Crippen molar-refractivity contribution >= 4 is 11.6 Å². The number of fused-ring (bicyclic) bond motifs is 2. The lowest BCUT2D eigenvalue weighted by Gasteiger charge is -2.41. The molecule has 2 N–H and O–H groups in total. The minimum absolute atomic E-state index is 0.0325. The molecular formula is C17H23N3O. The molecule has 2 fully saturated rings. The number of piperidine rings is 1. The molecule has 1 aromatic rings. The van der Waals surface area contributed by atoms with E-state index >= 15 is 0 Å². The molecule has 1 amide bonds. The van der Waals surface area contributed by atoms with Gasteiger partial charge in [-0.1, -0.05) is 18.2 Å². The zero-order chi connectivity index (χ0) is 14.2. The number of aryl methyl sites for hydroxylation is 1. The Morgan fingerprint density at radius 1 is 1.14 bits per heavy atom. The summed E-state index contributed by atoms with van der Waals surface area (Å²) in [7, 11) is 0. The van der Waals surface area contributed by atoms with Crippen LogP contribution in [0.4, 0.5) is 5.69 Å². The first-order valence-corrected chi connectivity index (χ1v) is 8.18. The van der Waals surface area contributed by atoms with Gasteiger partial charge in [0.15, 0.2) is 0 Å². The second kappa shape index (κ2) is 5.43. The molecule has 3 atom stereocenters. The minimum Gasteiger partial charge on any atom is -0.324 e. The third kappa shape index (κ3) is 2.36. The van der Waals surface area contributed by atoms with Crippen LogP contribution in [0.1, 0.15) is 24.8 Å². The van der Waals surface area contributed by atoms with Crippen molar-refractivity contribution < 1.29 is 4.79 Å². The molecule has 3 unspecified atom stereocenters. The lowest BCUT2D eigenvalue weighted by molar-refractivity contribution is -0.123. The van der Waals surface area contributed by atoms with Crippen LogP contribution in [0.2, 0.25) is 0 Å². The van der Waals surface area contributed by atoms with Gasteiger partial charge in [0.25, 0.3) is 0 Å². The van der Waals surface area contributed by atoms with Crippen LogP contribution in [0.3, 0.4) is 0 Å². The molecule has 0 spiro atoms. The standard InChI is InChI=1S/C17H23N3O/c21-17-15(8-7-12-4-1-2-6-14(12)19-17)20-9-3-5-13-10-18-11-16(13)20/h1-2,4,6,13,15-16,18H,3,5,7-11H2,(H,19,21). The molecule has 3 aliphatic heterocycles. The van der Waals surface area contributed by atoms with Gasteiger partial charge >= 0.3 is 0 Å². The summed E-state index contributed by atoms with van der Waals surface area (Å²) in [5.74, 6) is 0.921. The van der Waals surface area contributed by atoms with E-state index < -0.39 is 0 Å². The number of hydrogen-bond donors (Lipinski definition) is 2.